The topological polar surface area (TPSA) is 41.6 Å². The molecule has 0 aromatic rings. The van der Waals surface area contributed by atoms with Gasteiger partial charge in [-0.3, -0.25) is 4.79 Å². The van der Waals surface area contributed by atoms with Crippen molar-refractivity contribution in [2.45, 2.75) is 58.3 Å². The van der Waals surface area contributed by atoms with Crippen LogP contribution in [-0.4, -0.2) is 24.1 Å². The number of hydroxylamine groups is 2. The van der Waals surface area contributed by atoms with Gasteiger partial charge in [-0.2, -0.15) is 0 Å². The fraction of sp³-hybridized carbons (Fsp3) is 0.812. The van der Waals surface area contributed by atoms with Gasteiger partial charge in [0.25, 0.3) is 0 Å². The molecule has 4 heteroatoms. The Bertz CT molecular complexity index is 397. The summed E-state index contributed by atoms with van der Waals surface area (Å²) in [5.74, 6) is 1.19. The normalized spacial score (nSPS) is 34.1. The maximum atomic E-state index is 11.4. The molecule has 3 fully saturated rings. The Morgan fingerprint density at radius 2 is 2.05 bits per heavy atom. The zero-order valence-electron chi connectivity index (χ0n) is 12.5. The van der Waals surface area contributed by atoms with Gasteiger partial charge < -0.3 is 10.2 Å². The van der Waals surface area contributed by atoms with E-state index in [1.807, 2.05) is 5.06 Å². The predicted octanol–water partition coefficient (Wildman–Crippen LogP) is 2.96. The molecule has 2 heterocycles. The SMILES string of the molecule is CC(=O)ON1CCC2CCCCC2/C1=C1\CCCCN1. The van der Waals surface area contributed by atoms with Crippen molar-refractivity contribution >= 4 is 5.97 Å². The summed E-state index contributed by atoms with van der Waals surface area (Å²) in [4.78, 5) is 16.9. The number of carbonyl (C=O) groups excluding carboxylic acids is 1. The first-order chi connectivity index (χ1) is 9.75. The average Bonchev–Trinajstić information content (AvgIpc) is 2.47. The third-order valence-electron chi connectivity index (χ3n) is 4.97. The molecule has 0 spiro atoms. The van der Waals surface area contributed by atoms with Gasteiger partial charge in [0.15, 0.2) is 0 Å². The molecule has 0 aromatic carbocycles. The smallest absolute Gasteiger partial charge is 0.329 e. The van der Waals surface area contributed by atoms with Crippen molar-refractivity contribution in [1.82, 2.24) is 10.4 Å². The molecule has 4 nitrogen and oxygen atoms in total. The molecule has 2 unspecified atom stereocenters. The summed E-state index contributed by atoms with van der Waals surface area (Å²) in [6.07, 6.45) is 10.0. The molecule has 1 aliphatic carbocycles. The number of nitrogens with one attached hydrogen (secondary N) is 1. The number of piperidine rings is 2. The lowest BCUT2D eigenvalue weighted by Crippen LogP contribution is -2.43. The number of carbonyl (C=O) groups is 1. The molecule has 3 rings (SSSR count). The minimum Gasteiger partial charge on any atom is -0.387 e. The lowest BCUT2D eigenvalue weighted by molar-refractivity contribution is -0.187. The molecule has 2 aliphatic heterocycles. The third kappa shape index (κ3) is 2.79. The van der Waals surface area contributed by atoms with E-state index in [1.165, 1.54) is 56.8 Å². The molecule has 3 aliphatic rings. The maximum Gasteiger partial charge on any atom is 0.329 e. The molecule has 112 valence electrons. The van der Waals surface area contributed by atoms with Crippen molar-refractivity contribution in [2.75, 3.05) is 13.1 Å². The van der Waals surface area contributed by atoms with Crippen LogP contribution < -0.4 is 5.32 Å². The van der Waals surface area contributed by atoms with E-state index < -0.39 is 0 Å². The summed E-state index contributed by atoms with van der Waals surface area (Å²) in [5.41, 5.74) is 2.64. The van der Waals surface area contributed by atoms with E-state index in [0.29, 0.717) is 5.92 Å². The van der Waals surface area contributed by atoms with Crippen LogP contribution in [0.5, 0.6) is 0 Å². The van der Waals surface area contributed by atoms with E-state index in [-0.39, 0.29) is 5.97 Å². The zero-order valence-corrected chi connectivity index (χ0v) is 12.5. The first-order valence-corrected chi connectivity index (χ1v) is 8.18. The molecule has 2 atom stereocenters. The largest absolute Gasteiger partial charge is 0.387 e. The number of hydrogen-bond donors (Lipinski definition) is 1. The second kappa shape index (κ2) is 6.06. The number of hydrogen-bond acceptors (Lipinski definition) is 4. The summed E-state index contributed by atoms with van der Waals surface area (Å²) in [7, 11) is 0. The van der Waals surface area contributed by atoms with Gasteiger partial charge in [-0.1, -0.05) is 12.8 Å². The highest BCUT2D eigenvalue weighted by atomic mass is 16.7. The summed E-state index contributed by atoms with van der Waals surface area (Å²) in [6.45, 7) is 3.43. The molecular weight excluding hydrogens is 252 g/mol. The summed E-state index contributed by atoms with van der Waals surface area (Å²) in [5, 5.41) is 5.48. The van der Waals surface area contributed by atoms with Crippen molar-refractivity contribution in [2.24, 2.45) is 11.8 Å². The average molecular weight is 278 g/mol. The predicted molar refractivity (Wildman–Crippen MR) is 77.4 cm³/mol. The summed E-state index contributed by atoms with van der Waals surface area (Å²) >= 11 is 0. The monoisotopic (exact) mass is 278 g/mol. The van der Waals surface area contributed by atoms with E-state index in [1.54, 1.807) is 0 Å². The van der Waals surface area contributed by atoms with Crippen molar-refractivity contribution in [3.8, 4) is 0 Å². The highest BCUT2D eigenvalue weighted by Crippen LogP contribution is 2.43. The van der Waals surface area contributed by atoms with Crippen LogP contribution in [0.15, 0.2) is 11.4 Å². The second-order valence-corrected chi connectivity index (χ2v) is 6.37. The van der Waals surface area contributed by atoms with Crippen LogP contribution in [0.1, 0.15) is 58.3 Å². The van der Waals surface area contributed by atoms with E-state index in [2.05, 4.69) is 5.32 Å². The lowest BCUT2D eigenvalue weighted by atomic mass is 9.73. The molecule has 1 N–H and O–H groups in total. The van der Waals surface area contributed by atoms with Gasteiger partial charge in [0.2, 0.25) is 0 Å². The van der Waals surface area contributed by atoms with Crippen LogP contribution in [0.2, 0.25) is 0 Å². The van der Waals surface area contributed by atoms with E-state index in [0.717, 1.165) is 31.8 Å². The number of fused-ring (bicyclic) bond motifs is 1. The molecule has 1 saturated carbocycles. The molecule has 20 heavy (non-hydrogen) atoms. The van der Waals surface area contributed by atoms with E-state index in [9.17, 15) is 4.79 Å². The fourth-order valence-corrected chi connectivity index (χ4v) is 4.10. The van der Waals surface area contributed by atoms with Crippen molar-refractivity contribution in [1.29, 1.82) is 0 Å². The maximum absolute atomic E-state index is 11.4. The van der Waals surface area contributed by atoms with Gasteiger partial charge in [0, 0.05) is 25.1 Å². The van der Waals surface area contributed by atoms with Crippen molar-refractivity contribution in [3.05, 3.63) is 11.4 Å². The van der Waals surface area contributed by atoms with Crippen LogP contribution in [0, 0.1) is 11.8 Å². The number of nitrogens with zero attached hydrogens (tertiary/aromatic N) is 1. The molecule has 0 bridgehead atoms. The van der Waals surface area contributed by atoms with E-state index >= 15 is 0 Å². The highest BCUT2D eigenvalue weighted by molar-refractivity contribution is 5.65. The minimum atomic E-state index is -0.201. The van der Waals surface area contributed by atoms with Crippen LogP contribution >= 0.6 is 0 Å². The third-order valence-corrected chi connectivity index (χ3v) is 4.97. The molecule has 0 aromatic heterocycles. The van der Waals surface area contributed by atoms with Gasteiger partial charge >= 0.3 is 5.97 Å². The van der Waals surface area contributed by atoms with Gasteiger partial charge in [0.1, 0.15) is 0 Å². The van der Waals surface area contributed by atoms with Crippen molar-refractivity contribution < 1.29 is 9.63 Å². The fourth-order valence-electron chi connectivity index (χ4n) is 4.10. The standard InChI is InChI=1S/C16H26N2O2/c1-12(19)20-18-11-9-13-6-2-3-7-14(13)16(18)15-8-4-5-10-17-15/h13-14,17H,2-11H2,1H3/b16-15-. The Balaban J connectivity index is 1.88. The summed E-state index contributed by atoms with van der Waals surface area (Å²) < 4.78 is 0. The molecular formula is C16H26N2O2. The number of allylic oxidation sites excluding steroid dienone is 2. The molecule has 0 amide bonds. The van der Waals surface area contributed by atoms with Crippen molar-refractivity contribution in [3.63, 3.8) is 0 Å². The van der Waals surface area contributed by atoms with E-state index in [4.69, 9.17) is 4.84 Å². The first-order valence-electron chi connectivity index (χ1n) is 8.18. The van der Waals surface area contributed by atoms with Gasteiger partial charge in [-0.05, 0) is 44.4 Å². The van der Waals surface area contributed by atoms with Gasteiger partial charge in [0.05, 0.1) is 12.2 Å². The van der Waals surface area contributed by atoms with Crippen LogP contribution in [-0.2, 0) is 9.63 Å². The molecule has 0 radical (unpaired) electrons. The lowest BCUT2D eigenvalue weighted by Gasteiger charge is -2.44. The highest BCUT2D eigenvalue weighted by Gasteiger charge is 2.38. The molecule has 2 saturated heterocycles. The zero-order chi connectivity index (χ0) is 13.9. The Hall–Kier alpha value is -1.19. The quantitative estimate of drug-likeness (QED) is 0.800. The Labute approximate surface area is 121 Å². The van der Waals surface area contributed by atoms with Crippen LogP contribution in [0.25, 0.3) is 0 Å². The minimum absolute atomic E-state index is 0.201. The Morgan fingerprint density at radius 3 is 2.80 bits per heavy atom. The van der Waals surface area contributed by atoms with Gasteiger partial charge in [-0.25, -0.2) is 5.06 Å². The first kappa shape index (κ1) is 13.8. The van der Waals surface area contributed by atoms with Crippen LogP contribution in [0.4, 0.5) is 0 Å². The number of rotatable bonds is 1. The van der Waals surface area contributed by atoms with Gasteiger partial charge in [-0.15, -0.1) is 0 Å². The Morgan fingerprint density at radius 1 is 1.20 bits per heavy atom. The Kier molecular flexibility index (Phi) is 4.18. The summed E-state index contributed by atoms with van der Waals surface area (Å²) in [6, 6.07) is 0. The van der Waals surface area contributed by atoms with Crippen LogP contribution in [0.3, 0.4) is 0 Å². The second-order valence-electron chi connectivity index (χ2n) is 6.37.